The van der Waals surface area contributed by atoms with Gasteiger partial charge < -0.3 is 15.2 Å². The fourth-order valence-corrected chi connectivity index (χ4v) is 1.53. The number of para-hydroxylation sites is 1. The Morgan fingerprint density at radius 3 is 2.56 bits per heavy atom. The lowest BCUT2D eigenvalue weighted by atomic mass is 10.2. The molecule has 18 heavy (non-hydrogen) atoms. The van der Waals surface area contributed by atoms with Crippen LogP contribution < -0.4 is 15.2 Å². The van der Waals surface area contributed by atoms with Gasteiger partial charge >= 0.3 is 0 Å². The van der Waals surface area contributed by atoms with E-state index in [2.05, 4.69) is 6.07 Å². The highest BCUT2D eigenvalue weighted by Gasteiger charge is 2.08. The summed E-state index contributed by atoms with van der Waals surface area (Å²) in [7, 11) is 1.54. The van der Waals surface area contributed by atoms with Gasteiger partial charge in [-0.1, -0.05) is 12.1 Å². The van der Waals surface area contributed by atoms with Crippen molar-refractivity contribution in [1.29, 1.82) is 5.26 Å². The van der Waals surface area contributed by atoms with Gasteiger partial charge in [-0.05, 0) is 24.3 Å². The van der Waals surface area contributed by atoms with Crippen LogP contribution in [0.2, 0.25) is 0 Å². The molecule has 0 aliphatic carbocycles. The summed E-state index contributed by atoms with van der Waals surface area (Å²) >= 11 is 0. The summed E-state index contributed by atoms with van der Waals surface area (Å²) in [5.74, 6) is 1.54. The lowest BCUT2D eigenvalue weighted by Gasteiger charge is -2.11. The van der Waals surface area contributed by atoms with E-state index in [1.165, 1.54) is 7.11 Å². The fraction of sp³-hybridized carbons (Fsp3) is 0.0714. The SMILES string of the molecule is COc1cc(N)ccc1Oc1ccccc1C#N. The Kier molecular flexibility index (Phi) is 3.35. The summed E-state index contributed by atoms with van der Waals surface area (Å²) in [4.78, 5) is 0. The Hall–Kier alpha value is -2.67. The van der Waals surface area contributed by atoms with Crippen LogP contribution in [0.25, 0.3) is 0 Å². The summed E-state index contributed by atoms with van der Waals surface area (Å²) in [5, 5.41) is 8.99. The number of nitrogens with two attached hydrogens (primary N) is 1. The maximum atomic E-state index is 8.99. The molecule has 0 saturated carbocycles. The van der Waals surface area contributed by atoms with Gasteiger partial charge in [-0.3, -0.25) is 0 Å². The Balaban J connectivity index is 2.37. The number of nitrogens with zero attached hydrogens (tertiary/aromatic N) is 1. The van der Waals surface area contributed by atoms with E-state index in [-0.39, 0.29) is 0 Å². The van der Waals surface area contributed by atoms with Gasteiger partial charge in [0.1, 0.15) is 11.8 Å². The van der Waals surface area contributed by atoms with Crippen molar-refractivity contribution in [3.8, 4) is 23.3 Å². The largest absolute Gasteiger partial charge is 0.493 e. The summed E-state index contributed by atoms with van der Waals surface area (Å²) in [5.41, 5.74) is 6.72. The molecule has 0 bridgehead atoms. The molecule has 0 spiro atoms. The molecule has 0 atom stereocenters. The maximum absolute atomic E-state index is 8.99. The lowest BCUT2D eigenvalue weighted by Crippen LogP contribution is -1.94. The molecule has 0 amide bonds. The third-order valence-corrected chi connectivity index (χ3v) is 2.42. The Morgan fingerprint density at radius 2 is 1.83 bits per heavy atom. The molecule has 2 rings (SSSR count). The Labute approximate surface area is 105 Å². The first kappa shape index (κ1) is 11.8. The highest BCUT2D eigenvalue weighted by atomic mass is 16.5. The van der Waals surface area contributed by atoms with Gasteiger partial charge in [0.25, 0.3) is 0 Å². The molecule has 0 aliphatic rings. The number of hydrogen-bond donors (Lipinski definition) is 1. The first-order valence-corrected chi connectivity index (χ1v) is 5.35. The molecule has 0 fully saturated rings. The number of rotatable bonds is 3. The van der Waals surface area contributed by atoms with E-state index >= 15 is 0 Å². The van der Waals surface area contributed by atoms with Gasteiger partial charge in [-0.25, -0.2) is 0 Å². The molecule has 0 unspecified atom stereocenters. The summed E-state index contributed by atoms with van der Waals surface area (Å²) in [6.45, 7) is 0. The van der Waals surface area contributed by atoms with Crippen molar-refractivity contribution in [3.05, 3.63) is 48.0 Å². The van der Waals surface area contributed by atoms with Gasteiger partial charge in [0.15, 0.2) is 11.5 Å². The smallest absolute Gasteiger partial charge is 0.169 e. The van der Waals surface area contributed by atoms with Gasteiger partial charge in [-0.15, -0.1) is 0 Å². The number of anilines is 1. The quantitative estimate of drug-likeness (QED) is 0.837. The molecule has 0 saturated heterocycles. The molecule has 2 aromatic carbocycles. The number of nitrogen functional groups attached to an aromatic ring is 1. The molecule has 0 aromatic heterocycles. The van der Waals surface area contributed by atoms with Crippen LogP contribution in [0.4, 0.5) is 5.69 Å². The molecule has 90 valence electrons. The molecule has 4 nitrogen and oxygen atoms in total. The van der Waals surface area contributed by atoms with Crippen LogP contribution in [-0.4, -0.2) is 7.11 Å². The Morgan fingerprint density at radius 1 is 1.06 bits per heavy atom. The zero-order valence-electron chi connectivity index (χ0n) is 9.88. The van der Waals surface area contributed by atoms with Crippen LogP contribution in [0, 0.1) is 11.3 Å². The number of methoxy groups -OCH3 is 1. The third kappa shape index (κ3) is 2.36. The second-order valence-corrected chi connectivity index (χ2v) is 3.62. The monoisotopic (exact) mass is 240 g/mol. The van der Waals surface area contributed by atoms with E-state index < -0.39 is 0 Å². The molecule has 0 aliphatic heterocycles. The number of hydrogen-bond acceptors (Lipinski definition) is 4. The van der Waals surface area contributed by atoms with Crippen molar-refractivity contribution in [1.82, 2.24) is 0 Å². The van der Waals surface area contributed by atoms with Crippen LogP contribution in [0.5, 0.6) is 17.2 Å². The summed E-state index contributed by atoms with van der Waals surface area (Å²) in [6, 6.07) is 14.2. The number of benzene rings is 2. The Bertz CT molecular complexity index is 603. The molecule has 0 radical (unpaired) electrons. The molecular weight excluding hydrogens is 228 g/mol. The molecule has 2 N–H and O–H groups in total. The van der Waals surface area contributed by atoms with E-state index in [0.717, 1.165) is 0 Å². The molecule has 4 heteroatoms. The van der Waals surface area contributed by atoms with Gasteiger partial charge in [0.05, 0.1) is 12.7 Å². The summed E-state index contributed by atoms with van der Waals surface area (Å²) in [6.07, 6.45) is 0. The zero-order chi connectivity index (χ0) is 13.0. The first-order valence-electron chi connectivity index (χ1n) is 5.35. The van der Waals surface area contributed by atoms with Crippen molar-refractivity contribution in [2.24, 2.45) is 0 Å². The van der Waals surface area contributed by atoms with Crippen molar-refractivity contribution in [2.75, 3.05) is 12.8 Å². The fourth-order valence-electron chi connectivity index (χ4n) is 1.53. The minimum atomic E-state index is 0.469. The predicted octanol–water partition coefficient (Wildman–Crippen LogP) is 2.94. The van der Waals surface area contributed by atoms with Crippen molar-refractivity contribution in [3.63, 3.8) is 0 Å². The van der Waals surface area contributed by atoms with E-state index in [0.29, 0.717) is 28.5 Å². The summed E-state index contributed by atoms with van der Waals surface area (Å²) < 4.78 is 10.9. The third-order valence-electron chi connectivity index (χ3n) is 2.42. The van der Waals surface area contributed by atoms with E-state index in [4.69, 9.17) is 20.5 Å². The highest BCUT2D eigenvalue weighted by molar-refractivity contribution is 5.54. The lowest BCUT2D eigenvalue weighted by molar-refractivity contribution is 0.379. The number of ether oxygens (including phenoxy) is 2. The van der Waals surface area contributed by atoms with Crippen LogP contribution in [0.3, 0.4) is 0 Å². The predicted molar refractivity (Wildman–Crippen MR) is 68.6 cm³/mol. The minimum absolute atomic E-state index is 0.469. The van der Waals surface area contributed by atoms with Crippen LogP contribution in [0.15, 0.2) is 42.5 Å². The molecule has 0 heterocycles. The average molecular weight is 240 g/mol. The second-order valence-electron chi connectivity index (χ2n) is 3.62. The van der Waals surface area contributed by atoms with Crippen molar-refractivity contribution >= 4 is 5.69 Å². The standard InChI is InChI=1S/C14H12N2O2/c1-17-14-8-11(16)6-7-13(14)18-12-5-3-2-4-10(12)9-15/h2-8H,16H2,1H3. The first-order chi connectivity index (χ1) is 8.74. The van der Waals surface area contributed by atoms with Gasteiger partial charge in [-0.2, -0.15) is 5.26 Å². The second kappa shape index (κ2) is 5.11. The molecule has 2 aromatic rings. The minimum Gasteiger partial charge on any atom is -0.493 e. The molecular formula is C14H12N2O2. The number of nitriles is 1. The van der Waals surface area contributed by atoms with Gasteiger partial charge in [0, 0.05) is 11.8 Å². The topological polar surface area (TPSA) is 68.3 Å². The average Bonchev–Trinajstić information content (AvgIpc) is 2.41. The highest BCUT2D eigenvalue weighted by Crippen LogP contribution is 2.34. The van der Waals surface area contributed by atoms with Crippen LogP contribution >= 0.6 is 0 Å². The van der Waals surface area contributed by atoms with E-state index in [1.807, 2.05) is 0 Å². The van der Waals surface area contributed by atoms with Crippen LogP contribution in [-0.2, 0) is 0 Å². The zero-order valence-corrected chi connectivity index (χ0v) is 9.88. The van der Waals surface area contributed by atoms with Crippen molar-refractivity contribution in [2.45, 2.75) is 0 Å². The van der Waals surface area contributed by atoms with Gasteiger partial charge in [0.2, 0.25) is 0 Å². The van der Waals surface area contributed by atoms with E-state index in [1.54, 1.807) is 42.5 Å². The van der Waals surface area contributed by atoms with Crippen LogP contribution in [0.1, 0.15) is 5.56 Å². The van der Waals surface area contributed by atoms with E-state index in [9.17, 15) is 0 Å². The normalized spacial score (nSPS) is 9.56. The van der Waals surface area contributed by atoms with Crippen molar-refractivity contribution < 1.29 is 9.47 Å². The maximum Gasteiger partial charge on any atom is 0.169 e.